The summed E-state index contributed by atoms with van der Waals surface area (Å²) >= 11 is 6.43. The maximum absolute atomic E-state index is 11.1. The summed E-state index contributed by atoms with van der Waals surface area (Å²) in [5.41, 5.74) is 3.06. The van der Waals surface area contributed by atoms with Gasteiger partial charge in [0.1, 0.15) is 12.4 Å². The van der Waals surface area contributed by atoms with Gasteiger partial charge in [0.25, 0.3) is 0 Å². The number of carboxylic acid groups (broad SMARTS) is 1. The summed E-state index contributed by atoms with van der Waals surface area (Å²) in [7, 11) is 0. The van der Waals surface area contributed by atoms with Gasteiger partial charge < -0.3 is 15.2 Å². The molecule has 0 aliphatic heterocycles. The van der Waals surface area contributed by atoms with Gasteiger partial charge in [0, 0.05) is 12.2 Å². The number of carboxylic acids is 1. The molecule has 0 aliphatic carbocycles. The smallest absolute Gasteiger partial charge is 0.335 e. The predicted octanol–water partition coefficient (Wildman–Crippen LogP) is 6.38. The van der Waals surface area contributed by atoms with Gasteiger partial charge in [0.2, 0.25) is 0 Å². The third-order valence-corrected chi connectivity index (χ3v) is 5.16. The van der Waals surface area contributed by atoms with Crippen LogP contribution in [0.3, 0.4) is 0 Å². The molecule has 0 fully saturated rings. The van der Waals surface area contributed by atoms with Crippen LogP contribution in [-0.4, -0.2) is 11.1 Å². The van der Waals surface area contributed by atoms with E-state index in [1.165, 1.54) is 10.8 Å². The van der Waals surface area contributed by atoms with Crippen LogP contribution >= 0.6 is 11.6 Å². The maximum Gasteiger partial charge on any atom is 0.335 e. The number of benzene rings is 4. The molecular formula is C25H20ClNO3. The zero-order valence-electron chi connectivity index (χ0n) is 16.1. The van der Waals surface area contributed by atoms with Crippen LogP contribution in [0.1, 0.15) is 21.5 Å². The Morgan fingerprint density at radius 3 is 2.57 bits per heavy atom. The second-order valence-corrected chi connectivity index (χ2v) is 7.34. The van der Waals surface area contributed by atoms with E-state index in [2.05, 4.69) is 29.6 Å². The molecule has 150 valence electrons. The lowest BCUT2D eigenvalue weighted by molar-refractivity contribution is 0.0697. The molecule has 0 bridgehead atoms. The van der Waals surface area contributed by atoms with Crippen LogP contribution in [-0.2, 0) is 13.2 Å². The Morgan fingerprint density at radius 2 is 1.73 bits per heavy atom. The first kappa shape index (κ1) is 19.8. The molecule has 0 amide bonds. The Kier molecular flexibility index (Phi) is 5.87. The van der Waals surface area contributed by atoms with Gasteiger partial charge in [-0.2, -0.15) is 0 Å². The van der Waals surface area contributed by atoms with Gasteiger partial charge in [-0.05, 0) is 52.2 Å². The van der Waals surface area contributed by atoms with Crippen LogP contribution in [0.5, 0.6) is 5.75 Å². The van der Waals surface area contributed by atoms with Gasteiger partial charge in [-0.1, -0.05) is 66.2 Å². The van der Waals surface area contributed by atoms with Crippen molar-refractivity contribution >= 4 is 34.0 Å². The Balaban J connectivity index is 1.42. The van der Waals surface area contributed by atoms with E-state index in [0.29, 0.717) is 23.9 Å². The summed E-state index contributed by atoms with van der Waals surface area (Å²) in [6.07, 6.45) is 0. The molecule has 0 saturated carbocycles. The molecule has 0 unspecified atom stereocenters. The quantitative estimate of drug-likeness (QED) is 0.366. The van der Waals surface area contributed by atoms with Crippen LogP contribution < -0.4 is 10.1 Å². The molecule has 0 heterocycles. The van der Waals surface area contributed by atoms with Crippen LogP contribution in [0.4, 0.5) is 5.69 Å². The minimum absolute atomic E-state index is 0.246. The Labute approximate surface area is 179 Å². The summed E-state index contributed by atoms with van der Waals surface area (Å²) in [6, 6.07) is 26.7. The fraction of sp³-hybridized carbons (Fsp3) is 0.0800. The largest absolute Gasteiger partial charge is 0.487 e. The lowest BCUT2D eigenvalue weighted by Crippen LogP contribution is -2.02. The third kappa shape index (κ3) is 4.56. The van der Waals surface area contributed by atoms with Crippen LogP contribution in [0.15, 0.2) is 84.9 Å². The van der Waals surface area contributed by atoms with E-state index >= 15 is 0 Å². The van der Waals surface area contributed by atoms with Crippen molar-refractivity contribution in [3.05, 3.63) is 107 Å². The van der Waals surface area contributed by atoms with Crippen molar-refractivity contribution in [1.29, 1.82) is 0 Å². The Bertz CT molecular complexity index is 1200. The number of carbonyl (C=O) groups is 1. The number of nitrogens with one attached hydrogen (secondary N) is 1. The minimum atomic E-state index is -0.950. The molecule has 4 nitrogen and oxygen atoms in total. The molecule has 0 saturated heterocycles. The molecule has 0 atom stereocenters. The van der Waals surface area contributed by atoms with E-state index in [4.69, 9.17) is 21.4 Å². The number of rotatable bonds is 7. The van der Waals surface area contributed by atoms with Gasteiger partial charge in [-0.15, -0.1) is 0 Å². The minimum Gasteiger partial charge on any atom is -0.487 e. The fourth-order valence-electron chi connectivity index (χ4n) is 3.31. The summed E-state index contributed by atoms with van der Waals surface area (Å²) in [5.74, 6) is -0.324. The van der Waals surface area contributed by atoms with E-state index < -0.39 is 5.97 Å². The van der Waals surface area contributed by atoms with Crippen molar-refractivity contribution in [2.24, 2.45) is 0 Å². The van der Waals surface area contributed by atoms with E-state index in [1.54, 1.807) is 18.2 Å². The average molecular weight is 418 g/mol. The van der Waals surface area contributed by atoms with Crippen molar-refractivity contribution in [1.82, 2.24) is 0 Å². The molecule has 30 heavy (non-hydrogen) atoms. The molecule has 4 aromatic carbocycles. The number of ether oxygens (including phenoxy) is 1. The van der Waals surface area contributed by atoms with Crippen LogP contribution in [0.25, 0.3) is 10.8 Å². The van der Waals surface area contributed by atoms with Gasteiger partial charge in [-0.3, -0.25) is 0 Å². The average Bonchev–Trinajstić information content (AvgIpc) is 2.77. The molecule has 4 aromatic rings. The highest BCUT2D eigenvalue weighted by Gasteiger charge is 2.07. The van der Waals surface area contributed by atoms with Crippen molar-refractivity contribution in [3.63, 3.8) is 0 Å². The lowest BCUT2D eigenvalue weighted by atomic mass is 10.1. The molecule has 0 aliphatic rings. The first-order chi connectivity index (χ1) is 14.6. The number of anilines is 1. The van der Waals surface area contributed by atoms with Crippen molar-refractivity contribution in [3.8, 4) is 5.75 Å². The molecular weight excluding hydrogens is 398 g/mol. The third-order valence-electron chi connectivity index (χ3n) is 4.87. The van der Waals surface area contributed by atoms with Gasteiger partial charge >= 0.3 is 5.97 Å². The van der Waals surface area contributed by atoms with Gasteiger partial charge in [0.15, 0.2) is 0 Å². The standard InChI is InChI=1S/C25H20ClNO3/c26-23-13-17(15-27-21-9-4-7-19(14-21)25(28)29)11-12-24(23)30-16-20-8-3-6-18-5-1-2-10-22(18)20/h1-14,27H,15-16H2,(H,28,29). The maximum atomic E-state index is 11.1. The SMILES string of the molecule is O=C(O)c1cccc(NCc2ccc(OCc3cccc4ccccc34)c(Cl)c2)c1. The topological polar surface area (TPSA) is 58.6 Å². The Hall–Kier alpha value is -3.50. The number of aromatic carboxylic acids is 1. The zero-order valence-corrected chi connectivity index (χ0v) is 16.9. The van der Waals surface area contributed by atoms with Gasteiger partial charge in [0.05, 0.1) is 10.6 Å². The Morgan fingerprint density at radius 1 is 0.933 bits per heavy atom. The van der Waals surface area contributed by atoms with Crippen LogP contribution in [0.2, 0.25) is 5.02 Å². The second-order valence-electron chi connectivity index (χ2n) is 6.93. The first-order valence-electron chi connectivity index (χ1n) is 9.55. The summed E-state index contributed by atoms with van der Waals surface area (Å²) in [6.45, 7) is 0.951. The number of hydrogen-bond acceptors (Lipinski definition) is 3. The molecule has 4 rings (SSSR count). The van der Waals surface area contributed by atoms with Crippen molar-refractivity contribution in [2.45, 2.75) is 13.2 Å². The molecule has 0 spiro atoms. The number of hydrogen-bond donors (Lipinski definition) is 2. The first-order valence-corrected chi connectivity index (χ1v) is 9.93. The summed E-state index contributed by atoms with van der Waals surface area (Å²) in [4.78, 5) is 11.1. The van der Waals surface area contributed by atoms with E-state index in [-0.39, 0.29) is 5.56 Å². The van der Waals surface area contributed by atoms with Crippen molar-refractivity contribution < 1.29 is 14.6 Å². The second kappa shape index (κ2) is 8.89. The summed E-state index contributed by atoms with van der Waals surface area (Å²) < 4.78 is 5.97. The molecule has 5 heteroatoms. The van der Waals surface area contributed by atoms with E-state index in [0.717, 1.165) is 16.8 Å². The highest BCUT2D eigenvalue weighted by molar-refractivity contribution is 6.32. The normalized spacial score (nSPS) is 10.7. The lowest BCUT2D eigenvalue weighted by Gasteiger charge is -2.12. The summed E-state index contributed by atoms with van der Waals surface area (Å²) in [5, 5.41) is 15.2. The number of halogens is 1. The van der Waals surface area contributed by atoms with Crippen molar-refractivity contribution in [2.75, 3.05) is 5.32 Å². The molecule has 0 radical (unpaired) electrons. The van der Waals surface area contributed by atoms with E-state index in [1.807, 2.05) is 42.5 Å². The van der Waals surface area contributed by atoms with E-state index in [9.17, 15) is 4.79 Å². The highest BCUT2D eigenvalue weighted by atomic mass is 35.5. The molecule has 2 N–H and O–H groups in total. The fourth-order valence-corrected chi connectivity index (χ4v) is 3.57. The van der Waals surface area contributed by atoms with Crippen LogP contribution in [0, 0.1) is 0 Å². The van der Waals surface area contributed by atoms with Gasteiger partial charge in [-0.25, -0.2) is 4.79 Å². The predicted molar refractivity (Wildman–Crippen MR) is 120 cm³/mol. The number of fused-ring (bicyclic) bond motifs is 1. The monoisotopic (exact) mass is 417 g/mol. The molecule has 0 aromatic heterocycles. The zero-order chi connectivity index (χ0) is 20.9. The highest BCUT2D eigenvalue weighted by Crippen LogP contribution is 2.28.